The van der Waals surface area contributed by atoms with Gasteiger partial charge in [0, 0.05) is 10.1 Å². The first-order chi connectivity index (χ1) is 10.9. The standard InChI is InChI=1S/C17H18INO3S/c1-22-15-7-8-16-13(11-15)9-10-19(23(2,20)21)17(16)12-3-5-14(18)6-4-12/h3-8,11,17H,9-10H2,1-2H3. The molecule has 0 spiro atoms. The van der Waals surface area contributed by atoms with Crippen LogP contribution in [-0.2, 0) is 16.4 Å². The second kappa shape index (κ2) is 6.41. The fourth-order valence-corrected chi connectivity index (χ4v) is 4.46. The van der Waals surface area contributed by atoms with Gasteiger partial charge in [0.2, 0.25) is 10.0 Å². The molecule has 2 aromatic carbocycles. The number of halogens is 1. The van der Waals surface area contributed by atoms with Crippen molar-refractivity contribution < 1.29 is 13.2 Å². The van der Waals surface area contributed by atoms with Crippen molar-refractivity contribution in [2.75, 3.05) is 19.9 Å². The van der Waals surface area contributed by atoms with Gasteiger partial charge in [-0.2, -0.15) is 4.31 Å². The van der Waals surface area contributed by atoms with Crippen molar-refractivity contribution in [2.45, 2.75) is 12.5 Å². The summed E-state index contributed by atoms with van der Waals surface area (Å²) >= 11 is 2.25. The Morgan fingerprint density at radius 1 is 1.17 bits per heavy atom. The predicted molar refractivity (Wildman–Crippen MR) is 99.2 cm³/mol. The van der Waals surface area contributed by atoms with Gasteiger partial charge >= 0.3 is 0 Å². The van der Waals surface area contributed by atoms with E-state index in [9.17, 15) is 8.42 Å². The molecule has 0 fully saturated rings. The molecule has 0 saturated heterocycles. The molecule has 0 bridgehead atoms. The molecule has 6 heteroatoms. The number of fused-ring (bicyclic) bond motifs is 1. The summed E-state index contributed by atoms with van der Waals surface area (Å²) in [5, 5.41) is 0. The van der Waals surface area contributed by atoms with Crippen LogP contribution in [0.4, 0.5) is 0 Å². The van der Waals surface area contributed by atoms with Crippen molar-refractivity contribution in [1.82, 2.24) is 4.31 Å². The van der Waals surface area contributed by atoms with Gasteiger partial charge < -0.3 is 4.74 Å². The molecule has 0 amide bonds. The van der Waals surface area contributed by atoms with E-state index < -0.39 is 10.0 Å². The highest BCUT2D eigenvalue weighted by Gasteiger charge is 2.34. The average molecular weight is 443 g/mol. The molecule has 2 aromatic rings. The molecular weight excluding hydrogens is 425 g/mol. The molecule has 122 valence electrons. The maximum atomic E-state index is 12.3. The molecule has 0 radical (unpaired) electrons. The van der Waals surface area contributed by atoms with E-state index >= 15 is 0 Å². The molecule has 0 N–H and O–H groups in total. The molecule has 3 rings (SSSR count). The van der Waals surface area contributed by atoms with E-state index in [4.69, 9.17) is 4.74 Å². The van der Waals surface area contributed by atoms with Gasteiger partial charge in [-0.25, -0.2) is 8.42 Å². The first-order valence-electron chi connectivity index (χ1n) is 7.29. The Kier molecular flexibility index (Phi) is 4.66. The molecule has 1 aliphatic heterocycles. The lowest BCUT2D eigenvalue weighted by molar-refractivity contribution is 0.345. The average Bonchev–Trinajstić information content (AvgIpc) is 2.53. The van der Waals surface area contributed by atoms with Crippen LogP contribution in [-0.4, -0.2) is 32.6 Å². The summed E-state index contributed by atoms with van der Waals surface area (Å²) in [6, 6.07) is 13.6. The third-order valence-corrected chi connectivity index (χ3v) is 6.11. The largest absolute Gasteiger partial charge is 0.497 e. The Balaban J connectivity index is 2.15. The van der Waals surface area contributed by atoms with Gasteiger partial charge in [0.05, 0.1) is 19.4 Å². The molecule has 1 unspecified atom stereocenters. The number of ether oxygens (including phenoxy) is 1. The third kappa shape index (κ3) is 3.39. The summed E-state index contributed by atoms with van der Waals surface area (Å²) in [6.07, 6.45) is 1.97. The number of nitrogens with zero attached hydrogens (tertiary/aromatic N) is 1. The molecule has 0 aliphatic carbocycles. The molecule has 1 atom stereocenters. The summed E-state index contributed by atoms with van der Waals surface area (Å²) in [6.45, 7) is 0.482. The second-order valence-corrected chi connectivity index (χ2v) is 8.82. The van der Waals surface area contributed by atoms with E-state index in [-0.39, 0.29) is 6.04 Å². The monoisotopic (exact) mass is 443 g/mol. The van der Waals surface area contributed by atoms with E-state index in [2.05, 4.69) is 22.6 Å². The first kappa shape index (κ1) is 16.7. The van der Waals surface area contributed by atoms with Gasteiger partial charge in [0.1, 0.15) is 5.75 Å². The summed E-state index contributed by atoms with van der Waals surface area (Å²) in [7, 11) is -1.65. The number of sulfonamides is 1. The van der Waals surface area contributed by atoms with Gasteiger partial charge in [-0.1, -0.05) is 18.2 Å². The molecule has 4 nitrogen and oxygen atoms in total. The number of hydrogen-bond acceptors (Lipinski definition) is 3. The van der Waals surface area contributed by atoms with Crippen LogP contribution < -0.4 is 4.74 Å². The van der Waals surface area contributed by atoms with Crippen LogP contribution in [0.2, 0.25) is 0 Å². The van der Waals surface area contributed by atoms with Crippen molar-refractivity contribution in [2.24, 2.45) is 0 Å². The van der Waals surface area contributed by atoms with E-state index in [1.165, 1.54) is 6.26 Å². The number of benzene rings is 2. The summed E-state index contributed by atoms with van der Waals surface area (Å²) in [5.41, 5.74) is 3.17. The quantitative estimate of drug-likeness (QED) is 0.685. The highest BCUT2D eigenvalue weighted by Crippen LogP contribution is 2.38. The Morgan fingerprint density at radius 2 is 1.87 bits per heavy atom. The van der Waals surface area contributed by atoms with E-state index in [0.717, 1.165) is 26.0 Å². The van der Waals surface area contributed by atoms with Crippen molar-refractivity contribution >= 4 is 32.6 Å². The maximum absolute atomic E-state index is 12.3. The fourth-order valence-electron chi connectivity index (χ4n) is 3.06. The van der Waals surface area contributed by atoms with Crippen molar-refractivity contribution in [1.29, 1.82) is 0 Å². The smallest absolute Gasteiger partial charge is 0.212 e. The Morgan fingerprint density at radius 3 is 2.48 bits per heavy atom. The normalized spacial score (nSPS) is 18.5. The lowest BCUT2D eigenvalue weighted by Gasteiger charge is -2.36. The zero-order valence-corrected chi connectivity index (χ0v) is 16.0. The topological polar surface area (TPSA) is 46.6 Å². The summed E-state index contributed by atoms with van der Waals surface area (Å²) < 4.78 is 32.6. The Hall–Kier alpha value is -1.12. The van der Waals surface area contributed by atoms with Crippen LogP contribution >= 0.6 is 22.6 Å². The van der Waals surface area contributed by atoms with Crippen molar-refractivity contribution in [3.05, 3.63) is 62.7 Å². The van der Waals surface area contributed by atoms with E-state index in [1.54, 1.807) is 11.4 Å². The van der Waals surface area contributed by atoms with Gasteiger partial charge in [-0.05, 0) is 70.0 Å². The van der Waals surface area contributed by atoms with Gasteiger partial charge in [0.15, 0.2) is 0 Å². The van der Waals surface area contributed by atoms with Crippen molar-refractivity contribution in [3.8, 4) is 5.75 Å². The minimum Gasteiger partial charge on any atom is -0.497 e. The molecule has 1 aliphatic rings. The highest BCUT2D eigenvalue weighted by molar-refractivity contribution is 14.1. The van der Waals surface area contributed by atoms with Gasteiger partial charge in [0.25, 0.3) is 0 Å². The van der Waals surface area contributed by atoms with E-state index in [1.807, 2.05) is 42.5 Å². The summed E-state index contributed by atoms with van der Waals surface area (Å²) in [5.74, 6) is 0.804. The molecule has 23 heavy (non-hydrogen) atoms. The van der Waals surface area contributed by atoms with Crippen LogP contribution in [0.5, 0.6) is 5.75 Å². The molecule has 1 heterocycles. The number of methoxy groups -OCH3 is 1. The summed E-state index contributed by atoms with van der Waals surface area (Å²) in [4.78, 5) is 0. The van der Waals surface area contributed by atoms with Gasteiger partial charge in [-0.15, -0.1) is 0 Å². The fraction of sp³-hybridized carbons (Fsp3) is 0.294. The minimum atomic E-state index is -3.29. The van der Waals surface area contributed by atoms with Crippen LogP contribution in [0.25, 0.3) is 0 Å². The highest BCUT2D eigenvalue weighted by atomic mass is 127. The molecule has 0 aromatic heterocycles. The molecular formula is C17H18INO3S. The zero-order valence-electron chi connectivity index (χ0n) is 13.0. The van der Waals surface area contributed by atoms with Crippen LogP contribution in [0.15, 0.2) is 42.5 Å². The van der Waals surface area contributed by atoms with Crippen LogP contribution in [0, 0.1) is 3.57 Å². The Labute approximate surface area is 150 Å². The minimum absolute atomic E-state index is 0.281. The van der Waals surface area contributed by atoms with Gasteiger partial charge in [-0.3, -0.25) is 0 Å². The second-order valence-electron chi connectivity index (χ2n) is 5.64. The lowest BCUT2D eigenvalue weighted by atomic mass is 9.89. The number of hydrogen-bond donors (Lipinski definition) is 0. The van der Waals surface area contributed by atoms with E-state index in [0.29, 0.717) is 13.0 Å². The SMILES string of the molecule is COc1ccc2c(c1)CCN(S(C)(=O)=O)C2c1ccc(I)cc1. The van der Waals surface area contributed by atoms with Crippen LogP contribution in [0.3, 0.4) is 0 Å². The zero-order chi connectivity index (χ0) is 16.6. The lowest BCUT2D eigenvalue weighted by Crippen LogP contribution is -2.39. The number of rotatable bonds is 3. The third-order valence-electron chi connectivity index (χ3n) is 4.15. The molecule has 0 saturated carbocycles. The Bertz CT molecular complexity index is 818. The predicted octanol–water partition coefficient (Wildman–Crippen LogP) is 3.21. The van der Waals surface area contributed by atoms with Crippen LogP contribution in [0.1, 0.15) is 22.7 Å². The van der Waals surface area contributed by atoms with Crippen molar-refractivity contribution in [3.63, 3.8) is 0 Å². The maximum Gasteiger partial charge on any atom is 0.212 e. The first-order valence-corrected chi connectivity index (χ1v) is 10.2.